The van der Waals surface area contributed by atoms with E-state index < -0.39 is 0 Å². The molecule has 2 rings (SSSR count). The molecule has 1 aliphatic heterocycles. The van der Waals surface area contributed by atoms with Crippen molar-refractivity contribution in [2.75, 3.05) is 26.7 Å². The second-order valence-corrected chi connectivity index (χ2v) is 4.33. The highest BCUT2D eigenvalue weighted by atomic mass is 16.3. The molecule has 0 saturated carbocycles. The van der Waals surface area contributed by atoms with E-state index in [2.05, 4.69) is 22.9 Å². The van der Waals surface area contributed by atoms with Crippen molar-refractivity contribution in [1.82, 2.24) is 9.80 Å². The predicted octanol–water partition coefficient (Wildman–Crippen LogP) is 1.31. The number of furan rings is 1. The largest absolute Gasteiger partial charge is 0.468 e. The van der Waals surface area contributed by atoms with Gasteiger partial charge in [0, 0.05) is 25.7 Å². The molecular formula is C12H17N3O. The summed E-state index contributed by atoms with van der Waals surface area (Å²) in [6.07, 6.45) is 2.29. The minimum Gasteiger partial charge on any atom is -0.468 e. The summed E-state index contributed by atoms with van der Waals surface area (Å²) in [5, 5.41) is 8.83. The number of rotatable bonds is 3. The molecule has 0 spiro atoms. The van der Waals surface area contributed by atoms with E-state index in [9.17, 15) is 0 Å². The molecule has 2 heterocycles. The number of nitrogens with zero attached hydrogens (tertiary/aromatic N) is 3. The summed E-state index contributed by atoms with van der Waals surface area (Å²) in [6, 6.07) is 6.49. The van der Waals surface area contributed by atoms with Crippen molar-refractivity contribution in [2.24, 2.45) is 0 Å². The normalized spacial score (nSPS) is 23.1. The number of hydrogen-bond donors (Lipinski definition) is 0. The molecule has 1 aliphatic rings. The number of piperazine rings is 1. The maximum Gasteiger partial charge on any atom is 0.117 e. The van der Waals surface area contributed by atoms with Crippen molar-refractivity contribution >= 4 is 0 Å². The van der Waals surface area contributed by atoms with Gasteiger partial charge in [-0.25, -0.2) is 0 Å². The second kappa shape index (κ2) is 5.15. The fraction of sp³-hybridized carbons (Fsp3) is 0.583. The molecule has 1 fully saturated rings. The first-order chi connectivity index (χ1) is 7.79. The van der Waals surface area contributed by atoms with Crippen molar-refractivity contribution in [3.8, 4) is 6.07 Å². The molecule has 1 saturated heterocycles. The lowest BCUT2D eigenvalue weighted by atomic mass is 10.1. The van der Waals surface area contributed by atoms with Gasteiger partial charge < -0.3 is 9.32 Å². The van der Waals surface area contributed by atoms with Crippen LogP contribution in [0.5, 0.6) is 0 Å². The first-order valence-corrected chi connectivity index (χ1v) is 5.61. The number of nitriles is 1. The smallest absolute Gasteiger partial charge is 0.117 e. The van der Waals surface area contributed by atoms with Gasteiger partial charge in [-0.05, 0) is 19.2 Å². The molecule has 0 amide bonds. The Morgan fingerprint density at radius 1 is 1.56 bits per heavy atom. The van der Waals surface area contributed by atoms with Crippen LogP contribution in [0.1, 0.15) is 12.2 Å². The Labute approximate surface area is 96.1 Å². The first-order valence-electron chi connectivity index (χ1n) is 5.61. The summed E-state index contributed by atoms with van der Waals surface area (Å²) in [5.74, 6) is 0.979. The van der Waals surface area contributed by atoms with E-state index in [-0.39, 0.29) is 0 Å². The Hall–Kier alpha value is -1.31. The Morgan fingerprint density at radius 3 is 3.12 bits per heavy atom. The molecule has 1 aromatic rings. The average molecular weight is 219 g/mol. The first kappa shape index (κ1) is 11.2. The van der Waals surface area contributed by atoms with Gasteiger partial charge in [0.2, 0.25) is 0 Å². The maximum absolute atomic E-state index is 8.83. The third-order valence-electron chi connectivity index (χ3n) is 3.07. The van der Waals surface area contributed by atoms with Crippen molar-refractivity contribution in [1.29, 1.82) is 5.26 Å². The molecule has 4 heteroatoms. The van der Waals surface area contributed by atoms with Crippen LogP contribution in [0.15, 0.2) is 22.8 Å². The number of hydrogen-bond acceptors (Lipinski definition) is 4. The predicted molar refractivity (Wildman–Crippen MR) is 60.6 cm³/mol. The molecule has 0 radical (unpaired) electrons. The Morgan fingerprint density at radius 2 is 2.44 bits per heavy atom. The van der Waals surface area contributed by atoms with Crippen LogP contribution in [0.2, 0.25) is 0 Å². The zero-order valence-corrected chi connectivity index (χ0v) is 9.59. The summed E-state index contributed by atoms with van der Waals surface area (Å²) < 4.78 is 5.35. The van der Waals surface area contributed by atoms with Gasteiger partial charge in [0.25, 0.3) is 0 Å². The molecule has 0 N–H and O–H groups in total. The summed E-state index contributed by atoms with van der Waals surface area (Å²) in [7, 11) is 2.11. The zero-order valence-electron chi connectivity index (χ0n) is 9.59. The monoisotopic (exact) mass is 219 g/mol. The molecule has 0 aromatic carbocycles. The average Bonchev–Trinajstić information content (AvgIpc) is 2.75. The number of likely N-dealkylation sites (N-methyl/N-ethyl adjacent to an activating group) is 1. The molecule has 0 aliphatic carbocycles. The van der Waals surface area contributed by atoms with E-state index in [0.29, 0.717) is 12.5 Å². The minimum absolute atomic E-state index is 0.328. The van der Waals surface area contributed by atoms with E-state index >= 15 is 0 Å². The van der Waals surface area contributed by atoms with Gasteiger partial charge in [0.05, 0.1) is 25.3 Å². The van der Waals surface area contributed by atoms with Gasteiger partial charge in [-0.1, -0.05) is 0 Å². The van der Waals surface area contributed by atoms with Gasteiger partial charge in [-0.3, -0.25) is 4.90 Å². The quantitative estimate of drug-likeness (QED) is 0.768. The van der Waals surface area contributed by atoms with E-state index in [1.165, 1.54) is 0 Å². The topological polar surface area (TPSA) is 43.4 Å². The fourth-order valence-corrected chi connectivity index (χ4v) is 2.16. The molecule has 4 nitrogen and oxygen atoms in total. The summed E-state index contributed by atoms with van der Waals surface area (Å²) in [6.45, 7) is 3.84. The lowest BCUT2D eigenvalue weighted by Crippen LogP contribution is -2.51. The lowest BCUT2D eigenvalue weighted by Gasteiger charge is -2.38. The second-order valence-electron chi connectivity index (χ2n) is 4.33. The summed E-state index contributed by atoms with van der Waals surface area (Å²) in [4.78, 5) is 4.61. The highest BCUT2D eigenvalue weighted by Gasteiger charge is 2.25. The van der Waals surface area contributed by atoms with E-state index in [1.54, 1.807) is 6.26 Å². The van der Waals surface area contributed by atoms with Crippen LogP contribution in [0.4, 0.5) is 0 Å². The molecule has 1 unspecified atom stereocenters. The van der Waals surface area contributed by atoms with Crippen LogP contribution in [0, 0.1) is 11.3 Å². The van der Waals surface area contributed by atoms with Crippen LogP contribution in [-0.2, 0) is 6.54 Å². The molecule has 86 valence electrons. The van der Waals surface area contributed by atoms with E-state index in [1.807, 2.05) is 12.1 Å². The molecular weight excluding hydrogens is 202 g/mol. The van der Waals surface area contributed by atoms with Crippen molar-refractivity contribution in [2.45, 2.75) is 19.0 Å². The Kier molecular flexibility index (Phi) is 3.60. The van der Waals surface area contributed by atoms with Crippen LogP contribution < -0.4 is 0 Å². The van der Waals surface area contributed by atoms with Gasteiger partial charge >= 0.3 is 0 Å². The van der Waals surface area contributed by atoms with E-state index in [4.69, 9.17) is 9.68 Å². The Balaban J connectivity index is 1.98. The summed E-state index contributed by atoms with van der Waals surface area (Å²) in [5.41, 5.74) is 0. The molecule has 1 atom stereocenters. The van der Waals surface area contributed by atoms with Crippen LogP contribution in [-0.4, -0.2) is 42.5 Å². The molecule has 1 aromatic heterocycles. The van der Waals surface area contributed by atoms with Crippen LogP contribution in [0.3, 0.4) is 0 Å². The van der Waals surface area contributed by atoms with Crippen molar-refractivity contribution in [3.63, 3.8) is 0 Å². The van der Waals surface area contributed by atoms with E-state index in [0.717, 1.165) is 31.9 Å². The third kappa shape index (κ3) is 2.63. The lowest BCUT2D eigenvalue weighted by molar-refractivity contribution is 0.0799. The minimum atomic E-state index is 0.328. The van der Waals surface area contributed by atoms with Crippen LogP contribution in [0.25, 0.3) is 0 Å². The van der Waals surface area contributed by atoms with Crippen molar-refractivity contribution < 1.29 is 4.42 Å². The molecule has 16 heavy (non-hydrogen) atoms. The zero-order chi connectivity index (χ0) is 11.4. The maximum atomic E-state index is 8.83. The van der Waals surface area contributed by atoms with Crippen LogP contribution >= 0.6 is 0 Å². The standard InChI is InChI=1S/C12H17N3O/c1-14-6-7-15(11(9-14)4-5-13)10-12-3-2-8-16-12/h2-3,8,11H,4,6-7,9-10H2,1H3. The third-order valence-corrected chi connectivity index (χ3v) is 3.07. The van der Waals surface area contributed by atoms with Gasteiger partial charge in [-0.2, -0.15) is 5.26 Å². The van der Waals surface area contributed by atoms with Gasteiger partial charge in [-0.15, -0.1) is 0 Å². The Bertz CT molecular complexity index is 355. The van der Waals surface area contributed by atoms with Gasteiger partial charge in [0.1, 0.15) is 5.76 Å². The summed E-state index contributed by atoms with van der Waals surface area (Å²) >= 11 is 0. The highest BCUT2D eigenvalue weighted by Crippen LogP contribution is 2.15. The van der Waals surface area contributed by atoms with Gasteiger partial charge in [0.15, 0.2) is 0 Å². The fourth-order valence-electron chi connectivity index (χ4n) is 2.16. The van der Waals surface area contributed by atoms with Crippen molar-refractivity contribution in [3.05, 3.63) is 24.2 Å². The highest BCUT2D eigenvalue weighted by molar-refractivity contribution is 5.00. The SMILES string of the molecule is CN1CCN(Cc2ccco2)C(CC#N)C1. The molecule has 0 bridgehead atoms.